The maximum absolute atomic E-state index is 5.48. The Hall–Kier alpha value is -0.940. The summed E-state index contributed by atoms with van der Waals surface area (Å²) in [6.07, 6.45) is 0. The Bertz CT molecular complexity index is 467. The molecular formula is C9H8BrN3S. The van der Waals surface area contributed by atoms with Crippen LogP contribution in [-0.4, -0.2) is 9.36 Å². The van der Waals surface area contributed by atoms with Crippen molar-refractivity contribution in [2.75, 3.05) is 5.73 Å². The van der Waals surface area contributed by atoms with E-state index >= 15 is 0 Å². The molecule has 0 aliphatic rings. The zero-order valence-electron chi connectivity index (χ0n) is 7.49. The summed E-state index contributed by atoms with van der Waals surface area (Å²) < 4.78 is 5.00. The van der Waals surface area contributed by atoms with E-state index in [4.69, 9.17) is 5.73 Å². The Labute approximate surface area is 94.3 Å². The fraction of sp³-hybridized carbons (Fsp3) is 0.111. The predicted octanol–water partition coefficient (Wildman–Crippen LogP) is 2.86. The summed E-state index contributed by atoms with van der Waals surface area (Å²) in [5.74, 6) is 0.332. The van der Waals surface area contributed by atoms with Gasteiger partial charge in [-0.2, -0.15) is 9.36 Å². The van der Waals surface area contributed by atoms with E-state index in [0.717, 1.165) is 15.0 Å². The maximum atomic E-state index is 5.48. The Balaban J connectivity index is 2.57. The molecule has 0 aliphatic carbocycles. The fourth-order valence-corrected chi connectivity index (χ4v) is 2.36. The fourth-order valence-electron chi connectivity index (χ4n) is 1.16. The molecule has 2 N–H and O–H groups in total. The van der Waals surface area contributed by atoms with Gasteiger partial charge in [0.1, 0.15) is 5.01 Å². The number of rotatable bonds is 1. The number of anilines is 1. The highest BCUT2D eigenvalue weighted by molar-refractivity contribution is 9.10. The van der Waals surface area contributed by atoms with Crippen LogP contribution in [0.5, 0.6) is 0 Å². The molecule has 0 saturated carbocycles. The SMILES string of the molecule is Cc1cccc(-c2nc(N)ns2)c1Br. The number of nitrogens with two attached hydrogens (primary N) is 1. The van der Waals surface area contributed by atoms with E-state index in [-0.39, 0.29) is 0 Å². The average molecular weight is 270 g/mol. The van der Waals surface area contributed by atoms with E-state index in [0.29, 0.717) is 5.95 Å². The van der Waals surface area contributed by atoms with Gasteiger partial charge in [-0.3, -0.25) is 0 Å². The van der Waals surface area contributed by atoms with Gasteiger partial charge in [0.25, 0.3) is 0 Å². The molecule has 5 heteroatoms. The van der Waals surface area contributed by atoms with E-state index in [2.05, 4.69) is 25.3 Å². The van der Waals surface area contributed by atoms with Gasteiger partial charge in [0, 0.05) is 10.0 Å². The van der Waals surface area contributed by atoms with Crippen LogP contribution in [0.15, 0.2) is 22.7 Å². The van der Waals surface area contributed by atoms with Crippen molar-refractivity contribution in [3.05, 3.63) is 28.2 Å². The number of aromatic nitrogens is 2. The summed E-state index contributed by atoms with van der Waals surface area (Å²) in [5.41, 5.74) is 7.69. The number of aryl methyl sites for hydroxylation is 1. The van der Waals surface area contributed by atoms with Crippen molar-refractivity contribution >= 4 is 33.4 Å². The molecule has 1 heterocycles. The van der Waals surface area contributed by atoms with Crippen molar-refractivity contribution in [1.82, 2.24) is 9.36 Å². The van der Waals surface area contributed by atoms with Gasteiger partial charge in [0.05, 0.1) is 0 Å². The van der Waals surface area contributed by atoms with Crippen molar-refractivity contribution in [2.24, 2.45) is 0 Å². The second-order valence-corrected chi connectivity index (χ2v) is 4.44. The first-order chi connectivity index (χ1) is 6.68. The van der Waals surface area contributed by atoms with Gasteiger partial charge in [-0.05, 0) is 39.9 Å². The molecule has 0 atom stereocenters. The summed E-state index contributed by atoms with van der Waals surface area (Å²) in [5, 5.41) is 0.845. The lowest BCUT2D eigenvalue weighted by Gasteiger charge is -2.02. The normalized spacial score (nSPS) is 10.4. The predicted molar refractivity (Wildman–Crippen MR) is 62.2 cm³/mol. The van der Waals surface area contributed by atoms with Crippen LogP contribution in [0.3, 0.4) is 0 Å². The Morgan fingerprint density at radius 2 is 2.21 bits per heavy atom. The molecular weight excluding hydrogens is 262 g/mol. The van der Waals surface area contributed by atoms with Crippen molar-refractivity contribution in [3.63, 3.8) is 0 Å². The molecule has 0 spiro atoms. The van der Waals surface area contributed by atoms with Gasteiger partial charge in [-0.1, -0.05) is 18.2 Å². The number of nitrogen functional groups attached to an aromatic ring is 1. The van der Waals surface area contributed by atoms with Gasteiger partial charge in [0.2, 0.25) is 5.95 Å². The standard InChI is InChI=1S/C9H8BrN3S/c1-5-3-2-4-6(7(5)10)8-12-9(11)13-14-8/h2-4H,1H3,(H2,11,13). The van der Waals surface area contributed by atoms with E-state index in [1.165, 1.54) is 17.1 Å². The molecule has 0 amide bonds. The van der Waals surface area contributed by atoms with Crippen LogP contribution in [0.2, 0.25) is 0 Å². The molecule has 1 aromatic heterocycles. The molecule has 0 unspecified atom stereocenters. The molecule has 0 bridgehead atoms. The minimum Gasteiger partial charge on any atom is -0.367 e. The number of nitrogens with zero attached hydrogens (tertiary/aromatic N) is 2. The summed E-state index contributed by atoms with van der Waals surface area (Å²) in [6, 6.07) is 6.03. The first-order valence-corrected chi connectivity index (χ1v) is 5.60. The first-order valence-electron chi connectivity index (χ1n) is 4.03. The van der Waals surface area contributed by atoms with Gasteiger partial charge in [-0.25, -0.2) is 0 Å². The lowest BCUT2D eigenvalue weighted by atomic mass is 10.1. The van der Waals surface area contributed by atoms with Crippen LogP contribution in [0.25, 0.3) is 10.6 Å². The number of hydrogen-bond donors (Lipinski definition) is 1. The molecule has 2 aromatic rings. The van der Waals surface area contributed by atoms with Crippen LogP contribution in [0, 0.1) is 6.92 Å². The topological polar surface area (TPSA) is 51.8 Å². The van der Waals surface area contributed by atoms with Crippen LogP contribution >= 0.6 is 27.5 Å². The summed E-state index contributed by atoms with van der Waals surface area (Å²) in [6.45, 7) is 2.04. The third-order valence-electron chi connectivity index (χ3n) is 1.86. The minimum atomic E-state index is 0.332. The number of hydrogen-bond acceptors (Lipinski definition) is 4. The zero-order chi connectivity index (χ0) is 10.1. The Morgan fingerprint density at radius 1 is 1.43 bits per heavy atom. The molecule has 0 radical (unpaired) electrons. The highest BCUT2D eigenvalue weighted by Gasteiger charge is 2.09. The molecule has 2 rings (SSSR count). The molecule has 0 saturated heterocycles. The second-order valence-electron chi connectivity index (χ2n) is 2.89. The minimum absolute atomic E-state index is 0.332. The first kappa shape index (κ1) is 9.61. The van der Waals surface area contributed by atoms with Crippen LogP contribution in [-0.2, 0) is 0 Å². The van der Waals surface area contributed by atoms with Gasteiger partial charge < -0.3 is 5.73 Å². The lowest BCUT2D eigenvalue weighted by Crippen LogP contribution is -1.86. The second kappa shape index (κ2) is 3.67. The van der Waals surface area contributed by atoms with E-state index in [1.54, 1.807) is 0 Å². The number of halogens is 1. The summed E-state index contributed by atoms with van der Waals surface area (Å²) in [7, 11) is 0. The Kier molecular flexibility index (Phi) is 2.52. The van der Waals surface area contributed by atoms with Crippen molar-refractivity contribution in [2.45, 2.75) is 6.92 Å². The van der Waals surface area contributed by atoms with Crippen molar-refractivity contribution < 1.29 is 0 Å². The molecule has 14 heavy (non-hydrogen) atoms. The quantitative estimate of drug-likeness (QED) is 0.866. The van der Waals surface area contributed by atoms with Crippen LogP contribution < -0.4 is 5.73 Å². The summed E-state index contributed by atoms with van der Waals surface area (Å²) in [4.78, 5) is 4.14. The number of benzene rings is 1. The Morgan fingerprint density at radius 3 is 2.86 bits per heavy atom. The van der Waals surface area contributed by atoms with E-state index in [9.17, 15) is 0 Å². The molecule has 72 valence electrons. The smallest absolute Gasteiger partial charge is 0.232 e. The van der Waals surface area contributed by atoms with Gasteiger partial charge in [-0.15, -0.1) is 0 Å². The highest BCUT2D eigenvalue weighted by Crippen LogP contribution is 2.31. The molecule has 0 aliphatic heterocycles. The van der Waals surface area contributed by atoms with E-state index in [1.807, 2.05) is 25.1 Å². The third-order valence-corrected chi connectivity index (χ3v) is 3.68. The largest absolute Gasteiger partial charge is 0.367 e. The van der Waals surface area contributed by atoms with Crippen LogP contribution in [0.1, 0.15) is 5.56 Å². The van der Waals surface area contributed by atoms with Crippen molar-refractivity contribution in [3.8, 4) is 10.6 Å². The van der Waals surface area contributed by atoms with Crippen molar-refractivity contribution in [1.29, 1.82) is 0 Å². The monoisotopic (exact) mass is 269 g/mol. The van der Waals surface area contributed by atoms with Crippen LogP contribution in [0.4, 0.5) is 5.95 Å². The molecule has 1 aromatic carbocycles. The van der Waals surface area contributed by atoms with E-state index < -0.39 is 0 Å². The highest BCUT2D eigenvalue weighted by atomic mass is 79.9. The molecule has 3 nitrogen and oxygen atoms in total. The lowest BCUT2D eigenvalue weighted by molar-refractivity contribution is 1.33. The maximum Gasteiger partial charge on any atom is 0.232 e. The zero-order valence-corrected chi connectivity index (χ0v) is 9.89. The average Bonchev–Trinajstić information content (AvgIpc) is 2.57. The van der Waals surface area contributed by atoms with Gasteiger partial charge in [0.15, 0.2) is 0 Å². The third kappa shape index (κ3) is 1.65. The van der Waals surface area contributed by atoms with Gasteiger partial charge >= 0.3 is 0 Å². The summed E-state index contributed by atoms with van der Waals surface area (Å²) >= 11 is 4.83. The molecule has 0 fully saturated rings.